The summed E-state index contributed by atoms with van der Waals surface area (Å²) >= 11 is 0. The minimum atomic E-state index is 0.766. The van der Waals surface area contributed by atoms with Gasteiger partial charge in [0.05, 0.1) is 17.9 Å². The van der Waals surface area contributed by atoms with Crippen LogP contribution in [-0.2, 0) is 6.54 Å². The summed E-state index contributed by atoms with van der Waals surface area (Å²) in [4.78, 5) is 0. The van der Waals surface area contributed by atoms with Gasteiger partial charge in [0.1, 0.15) is 0 Å². The molecule has 1 heterocycles. The van der Waals surface area contributed by atoms with Gasteiger partial charge in [-0.05, 0) is 51.0 Å². The molecule has 4 aromatic rings. The van der Waals surface area contributed by atoms with Gasteiger partial charge in [0, 0.05) is 16.7 Å². The predicted octanol–water partition coefficient (Wildman–Crippen LogP) is 6.50. The molecule has 0 saturated heterocycles. The first kappa shape index (κ1) is 18.2. The van der Waals surface area contributed by atoms with Crippen molar-refractivity contribution < 1.29 is 0 Å². The first-order chi connectivity index (χ1) is 13.5. The van der Waals surface area contributed by atoms with Crippen molar-refractivity contribution in [1.82, 2.24) is 9.78 Å². The van der Waals surface area contributed by atoms with Crippen LogP contribution in [0.5, 0.6) is 0 Å². The molecule has 0 spiro atoms. The Hall–Kier alpha value is -3.13. The summed E-state index contributed by atoms with van der Waals surface area (Å²) in [5.41, 5.74) is 11.0. The maximum Gasteiger partial charge on any atom is 0.0959 e. The van der Waals surface area contributed by atoms with Crippen LogP contribution in [0, 0.1) is 27.7 Å². The zero-order valence-electron chi connectivity index (χ0n) is 17.0. The van der Waals surface area contributed by atoms with E-state index in [9.17, 15) is 0 Å². The van der Waals surface area contributed by atoms with Crippen molar-refractivity contribution in [3.05, 3.63) is 101 Å². The Bertz CT molecular complexity index is 1130. The van der Waals surface area contributed by atoms with Crippen molar-refractivity contribution in [2.75, 3.05) is 0 Å². The molecule has 0 amide bonds. The smallest absolute Gasteiger partial charge is 0.0959 e. The van der Waals surface area contributed by atoms with Gasteiger partial charge in [-0.2, -0.15) is 5.10 Å². The minimum absolute atomic E-state index is 0.766. The van der Waals surface area contributed by atoms with Crippen LogP contribution in [0.1, 0.15) is 27.8 Å². The normalized spacial score (nSPS) is 11.0. The fraction of sp³-hybridized carbons (Fsp3) is 0.192. The van der Waals surface area contributed by atoms with Crippen molar-refractivity contribution in [3.63, 3.8) is 0 Å². The molecule has 0 aliphatic rings. The van der Waals surface area contributed by atoms with Gasteiger partial charge in [0.15, 0.2) is 0 Å². The van der Waals surface area contributed by atoms with Gasteiger partial charge in [-0.1, -0.05) is 71.8 Å². The summed E-state index contributed by atoms with van der Waals surface area (Å²) in [5.74, 6) is 0. The lowest BCUT2D eigenvalue weighted by molar-refractivity contribution is 0.693. The van der Waals surface area contributed by atoms with Crippen LogP contribution in [0.4, 0.5) is 0 Å². The van der Waals surface area contributed by atoms with Crippen LogP contribution < -0.4 is 0 Å². The van der Waals surface area contributed by atoms with Crippen molar-refractivity contribution in [3.8, 4) is 22.5 Å². The van der Waals surface area contributed by atoms with E-state index in [1.54, 1.807) is 0 Å². The summed E-state index contributed by atoms with van der Waals surface area (Å²) in [5, 5.41) is 5.08. The second-order valence-corrected chi connectivity index (χ2v) is 7.65. The van der Waals surface area contributed by atoms with Crippen molar-refractivity contribution >= 4 is 0 Å². The third-order valence-corrected chi connectivity index (χ3v) is 5.35. The number of rotatable bonds is 4. The number of hydrogen-bond donors (Lipinski definition) is 0. The van der Waals surface area contributed by atoms with Gasteiger partial charge < -0.3 is 0 Å². The van der Waals surface area contributed by atoms with Gasteiger partial charge in [0.25, 0.3) is 0 Å². The molecular weight excluding hydrogens is 340 g/mol. The number of hydrogen-bond acceptors (Lipinski definition) is 1. The Morgan fingerprint density at radius 3 is 2.04 bits per heavy atom. The summed E-state index contributed by atoms with van der Waals surface area (Å²) in [6.07, 6.45) is 0. The molecule has 0 aliphatic heterocycles. The van der Waals surface area contributed by atoms with Crippen LogP contribution in [0.15, 0.2) is 72.8 Å². The van der Waals surface area contributed by atoms with E-state index >= 15 is 0 Å². The van der Waals surface area contributed by atoms with Crippen molar-refractivity contribution in [2.24, 2.45) is 0 Å². The van der Waals surface area contributed by atoms with E-state index in [1.165, 1.54) is 44.6 Å². The Labute approximate surface area is 167 Å². The van der Waals surface area contributed by atoms with E-state index in [2.05, 4.69) is 105 Å². The highest BCUT2D eigenvalue weighted by Crippen LogP contribution is 2.33. The first-order valence-electron chi connectivity index (χ1n) is 9.79. The average molecular weight is 367 g/mol. The van der Waals surface area contributed by atoms with E-state index in [-0.39, 0.29) is 0 Å². The molecule has 0 aliphatic carbocycles. The summed E-state index contributed by atoms with van der Waals surface area (Å²) in [6.45, 7) is 9.39. The highest BCUT2D eigenvalue weighted by Gasteiger charge is 2.18. The minimum Gasteiger partial charge on any atom is -0.260 e. The quantitative estimate of drug-likeness (QED) is 0.403. The molecule has 2 heteroatoms. The fourth-order valence-electron chi connectivity index (χ4n) is 3.84. The fourth-order valence-corrected chi connectivity index (χ4v) is 3.84. The maximum atomic E-state index is 5.08. The molecule has 2 nitrogen and oxygen atoms in total. The predicted molar refractivity (Wildman–Crippen MR) is 118 cm³/mol. The van der Waals surface area contributed by atoms with Gasteiger partial charge in [-0.15, -0.1) is 0 Å². The van der Waals surface area contributed by atoms with Crippen LogP contribution >= 0.6 is 0 Å². The molecule has 3 aromatic carbocycles. The van der Waals surface area contributed by atoms with E-state index in [0.717, 1.165) is 12.2 Å². The molecule has 0 N–H and O–H groups in total. The monoisotopic (exact) mass is 366 g/mol. The van der Waals surface area contributed by atoms with Gasteiger partial charge >= 0.3 is 0 Å². The maximum absolute atomic E-state index is 5.08. The third-order valence-electron chi connectivity index (χ3n) is 5.35. The van der Waals surface area contributed by atoms with Gasteiger partial charge in [0.2, 0.25) is 0 Å². The lowest BCUT2D eigenvalue weighted by Gasteiger charge is -2.11. The van der Waals surface area contributed by atoms with Crippen molar-refractivity contribution in [1.29, 1.82) is 0 Å². The van der Waals surface area contributed by atoms with Crippen LogP contribution in [0.25, 0.3) is 22.5 Å². The highest BCUT2D eigenvalue weighted by molar-refractivity contribution is 5.74. The number of nitrogens with zero attached hydrogens (tertiary/aromatic N) is 2. The zero-order valence-corrected chi connectivity index (χ0v) is 17.0. The Morgan fingerprint density at radius 2 is 1.36 bits per heavy atom. The van der Waals surface area contributed by atoms with E-state index in [1.807, 2.05) is 0 Å². The lowest BCUT2D eigenvalue weighted by atomic mass is 10.0. The second kappa shape index (κ2) is 7.47. The number of aryl methyl sites for hydroxylation is 3. The molecule has 0 unspecified atom stereocenters. The Morgan fingerprint density at radius 1 is 0.714 bits per heavy atom. The van der Waals surface area contributed by atoms with Gasteiger partial charge in [-0.3, -0.25) is 4.68 Å². The summed E-state index contributed by atoms with van der Waals surface area (Å²) in [7, 11) is 0. The van der Waals surface area contributed by atoms with Crippen LogP contribution in [-0.4, -0.2) is 9.78 Å². The summed E-state index contributed by atoms with van der Waals surface area (Å²) < 4.78 is 2.17. The Balaban J connectivity index is 1.90. The van der Waals surface area contributed by atoms with Crippen LogP contribution in [0.3, 0.4) is 0 Å². The zero-order chi connectivity index (χ0) is 19.7. The van der Waals surface area contributed by atoms with E-state index in [0.29, 0.717) is 0 Å². The van der Waals surface area contributed by atoms with Crippen LogP contribution in [0.2, 0.25) is 0 Å². The van der Waals surface area contributed by atoms with E-state index < -0.39 is 0 Å². The molecule has 0 fully saturated rings. The van der Waals surface area contributed by atoms with Crippen molar-refractivity contribution in [2.45, 2.75) is 34.2 Å². The molecule has 0 bridgehead atoms. The number of benzene rings is 3. The third kappa shape index (κ3) is 3.50. The number of aromatic nitrogens is 2. The second-order valence-electron chi connectivity index (χ2n) is 7.65. The molecule has 0 radical (unpaired) electrons. The molecule has 140 valence electrons. The Kier molecular flexibility index (Phi) is 4.87. The average Bonchev–Trinajstić information content (AvgIpc) is 3.00. The lowest BCUT2D eigenvalue weighted by Crippen LogP contribution is -2.05. The topological polar surface area (TPSA) is 17.8 Å². The highest BCUT2D eigenvalue weighted by atomic mass is 15.3. The molecule has 0 saturated carbocycles. The van der Waals surface area contributed by atoms with E-state index in [4.69, 9.17) is 5.10 Å². The SMILES string of the molecule is Cc1cccc(-c2nn(Cc3ccccc3C)c(-c3cccc(C)c3)c2C)c1. The molecular formula is C26H26N2. The first-order valence-corrected chi connectivity index (χ1v) is 9.79. The molecule has 1 aromatic heterocycles. The standard InChI is InChI=1S/C26H26N2/c1-18-9-7-13-22(15-18)25-21(4)26(23-14-8-10-19(2)16-23)28(27-25)17-24-12-6-5-11-20(24)3/h5-16H,17H2,1-4H3. The molecule has 4 rings (SSSR count). The molecule has 28 heavy (non-hydrogen) atoms. The van der Waals surface area contributed by atoms with Gasteiger partial charge in [-0.25, -0.2) is 0 Å². The summed E-state index contributed by atoms with van der Waals surface area (Å²) in [6, 6.07) is 25.9. The molecule has 0 atom stereocenters. The largest absolute Gasteiger partial charge is 0.260 e.